The minimum atomic E-state index is -4.40. The van der Waals surface area contributed by atoms with Crippen molar-refractivity contribution < 1.29 is 13.2 Å². The number of pyridine rings is 1. The molecule has 0 atom stereocenters. The molecule has 102 valence electrons. The fraction of sp³-hybridized carbons (Fsp3) is 0.545. The molecule has 7 heteroatoms. The van der Waals surface area contributed by atoms with Gasteiger partial charge in [-0.25, -0.2) is 4.98 Å². The number of rotatable bonds is 5. The molecule has 1 aromatic rings. The molecule has 0 aliphatic heterocycles. The van der Waals surface area contributed by atoms with E-state index in [0.717, 1.165) is 18.8 Å². The molecule has 1 heterocycles. The molecule has 0 bridgehead atoms. The van der Waals surface area contributed by atoms with Gasteiger partial charge in [0.15, 0.2) is 0 Å². The number of hydrogen-bond donors (Lipinski definition) is 1. The third kappa shape index (κ3) is 5.04. The molecule has 0 saturated heterocycles. The average molecular weight is 299 g/mol. The van der Waals surface area contributed by atoms with E-state index in [1.807, 2.05) is 13.8 Å². The van der Waals surface area contributed by atoms with Crippen LogP contribution in [0.3, 0.4) is 0 Å². The van der Waals surface area contributed by atoms with E-state index in [0.29, 0.717) is 16.8 Å². The summed E-state index contributed by atoms with van der Waals surface area (Å²) in [5.41, 5.74) is -0.822. The second-order valence-corrected chi connectivity index (χ2v) is 5.46. The number of alkyl halides is 3. The largest absolute Gasteiger partial charge is 0.417 e. The normalized spacial score (nSPS) is 12.2. The molecule has 0 aliphatic carbocycles. The Morgan fingerprint density at radius 2 is 2.11 bits per heavy atom. The lowest BCUT2D eigenvalue weighted by Gasteiger charge is -2.10. The zero-order chi connectivity index (χ0) is 13.8. The van der Waals surface area contributed by atoms with Crippen LogP contribution < -0.4 is 5.32 Å². The van der Waals surface area contributed by atoms with E-state index in [4.69, 9.17) is 11.6 Å². The quantitative estimate of drug-likeness (QED) is 0.660. The molecule has 0 fully saturated rings. The van der Waals surface area contributed by atoms with E-state index >= 15 is 0 Å². The van der Waals surface area contributed by atoms with Gasteiger partial charge in [-0.15, -0.1) is 11.8 Å². The topological polar surface area (TPSA) is 24.9 Å². The average Bonchev–Trinajstić information content (AvgIpc) is 2.24. The second-order valence-electron chi connectivity index (χ2n) is 3.97. The highest BCUT2D eigenvalue weighted by Gasteiger charge is 2.31. The molecule has 18 heavy (non-hydrogen) atoms. The zero-order valence-electron chi connectivity index (χ0n) is 10.0. The summed E-state index contributed by atoms with van der Waals surface area (Å²) in [6.07, 6.45) is -3.59. The van der Waals surface area contributed by atoms with Gasteiger partial charge in [0.1, 0.15) is 5.03 Å². The van der Waals surface area contributed by atoms with Gasteiger partial charge >= 0.3 is 6.18 Å². The molecule has 0 saturated carbocycles. The summed E-state index contributed by atoms with van der Waals surface area (Å²) in [7, 11) is 0. The van der Waals surface area contributed by atoms with Gasteiger partial charge in [-0.2, -0.15) is 13.2 Å². The standard InChI is InChI=1S/C11H14ClF3N2S/c1-7(2)16-3-4-18-10-9(12)5-8(6-17-10)11(13,14)15/h5-7,16H,3-4H2,1-2H3. The van der Waals surface area contributed by atoms with Crippen LogP contribution in [-0.2, 0) is 6.18 Å². The Morgan fingerprint density at radius 3 is 2.61 bits per heavy atom. The van der Waals surface area contributed by atoms with Gasteiger partial charge in [-0.1, -0.05) is 25.4 Å². The monoisotopic (exact) mass is 298 g/mol. The molecule has 0 unspecified atom stereocenters. The Hall–Kier alpha value is -0.460. The van der Waals surface area contributed by atoms with Gasteiger partial charge in [-0.05, 0) is 6.07 Å². The first kappa shape index (κ1) is 15.6. The van der Waals surface area contributed by atoms with Crippen LogP contribution in [0.5, 0.6) is 0 Å². The SMILES string of the molecule is CC(C)NCCSc1ncc(C(F)(F)F)cc1Cl. The number of aromatic nitrogens is 1. The Bertz CT molecular complexity index is 396. The van der Waals surface area contributed by atoms with Gasteiger partial charge < -0.3 is 5.32 Å². The summed E-state index contributed by atoms with van der Waals surface area (Å²) in [5, 5.41) is 3.67. The summed E-state index contributed by atoms with van der Waals surface area (Å²) in [6, 6.07) is 1.29. The smallest absolute Gasteiger partial charge is 0.314 e. The molecule has 0 aliphatic rings. The maximum Gasteiger partial charge on any atom is 0.417 e. The Morgan fingerprint density at radius 1 is 1.44 bits per heavy atom. The molecular weight excluding hydrogens is 285 g/mol. The second kappa shape index (κ2) is 6.63. The maximum atomic E-state index is 12.4. The van der Waals surface area contributed by atoms with Gasteiger partial charge in [-0.3, -0.25) is 0 Å². The summed E-state index contributed by atoms with van der Waals surface area (Å²) in [4.78, 5) is 3.74. The lowest BCUT2D eigenvalue weighted by Crippen LogP contribution is -2.24. The third-order valence-corrected chi connectivity index (χ3v) is 3.44. The van der Waals surface area contributed by atoms with Crippen LogP contribution in [0.25, 0.3) is 0 Å². The van der Waals surface area contributed by atoms with Crippen LogP contribution in [-0.4, -0.2) is 23.3 Å². The van der Waals surface area contributed by atoms with E-state index in [1.165, 1.54) is 11.8 Å². The number of nitrogens with one attached hydrogen (secondary N) is 1. The van der Waals surface area contributed by atoms with Gasteiger partial charge in [0, 0.05) is 24.5 Å². The Balaban J connectivity index is 2.58. The molecule has 2 nitrogen and oxygen atoms in total. The number of halogens is 4. The van der Waals surface area contributed by atoms with Crippen molar-refractivity contribution in [3.05, 3.63) is 22.8 Å². The number of hydrogen-bond acceptors (Lipinski definition) is 3. The number of nitrogens with zero attached hydrogens (tertiary/aromatic N) is 1. The van der Waals surface area contributed by atoms with Crippen molar-refractivity contribution in [2.45, 2.75) is 31.1 Å². The van der Waals surface area contributed by atoms with Crippen molar-refractivity contribution in [1.82, 2.24) is 10.3 Å². The van der Waals surface area contributed by atoms with Crippen molar-refractivity contribution >= 4 is 23.4 Å². The summed E-state index contributed by atoms with van der Waals surface area (Å²) < 4.78 is 37.1. The summed E-state index contributed by atoms with van der Waals surface area (Å²) >= 11 is 7.11. The fourth-order valence-corrected chi connectivity index (χ4v) is 2.25. The Kier molecular flexibility index (Phi) is 5.75. The Labute approximate surface area is 113 Å². The molecule has 1 aromatic heterocycles. The first-order valence-electron chi connectivity index (χ1n) is 5.39. The molecular formula is C11H14ClF3N2S. The predicted octanol–water partition coefficient (Wildman–Crippen LogP) is 3.84. The summed E-state index contributed by atoms with van der Waals surface area (Å²) in [6.45, 7) is 4.80. The lowest BCUT2D eigenvalue weighted by molar-refractivity contribution is -0.137. The van der Waals surface area contributed by atoms with Crippen LogP contribution >= 0.6 is 23.4 Å². The maximum absolute atomic E-state index is 12.4. The van der Waals surface area contributed by atoms with E-state index in [9.17, 15) is 13.2 Å². The molecule has 1 N–H and O–H groups in total. The van der Waals surface area contributed by atoms with Gasteiger partial charge in [0.05, 0.1) is 10.6 Å². The van der Waals surface area contributed by atoms with E-state index < -0.39 is 11.7 Å². The van der Waals surface area contributed by atoms with Crippen LogP contribution in [0.4, 0.5) is 13.2 Å². The highest BCUT2D eigenvalue weighted by Crippen LogP contribution is 2.33. The predicted molar refractivity (Wildman–Crippen MR) is 68.1 cm³/mol. The van der Waals surface area contributed by atoms with Crippen LogP contribution in [0.1, 0.15) is 19.4 Å². The molecule has 1 rings (SSSR count). The highest BCUT2D eigenvalue weighted by molar-refractivity contribution is 7.99. The first-order chi connectivity index (χ1) is 8.30. The van der Waals surface area contributed by atoms with Gasteiger partial charge in [0.25, 0.3) is 0 Å². The van der Waals surface area contributed by atoms with Crippen LogP contribution in [0.15, 0.2) is 17.3 Å². The van der Waals surface area contributed by atoms with Crippen molar-refractivity contribution in [2.75, 3.05) is 12.3 Å². The molecule has 0 radical (unpaired) electrons. The van der Waals surface area contributed by atoms with E-state index in [2.05, 4.69) is 10.3 Å². The molecule has 0 aromatic carbocycles. The van der Waals surface area contributed by atoms with Crippen LogP contribution in [0, 0.1) is 0 Å². The number of thioether (sulfide) groups is 1. The van der Waals surface area contributed by atoms with E-state index in [-0.39, 0.29) is 5.02 Å². The van der Waals surface area contributed by atoms with Crippen molar-refractivity contribution in [2.24, 2.45) is 0 Å². The third-order valence-electron chi connectivity index (χ3n) is 2.03. The minimum absolute atomic E-state index is 0.0411. The van der Waals surface area contributed by atoms with Crippen LogP contribution in [0.2, 0.25) is 5.02 Å². The fourth-order valence-electron chi connectivity index (χ4n) is 1.18. The lowest BCUT2D eigenvalue weighted by atomic mass is 10.3. The molecule has 0 amide bonds. The highest BCUT2D eigenvalue weighted by atomic mass is 35.5. The molecule has 0 spiro atoms. The van der Waals surface area contributed by atoms with Crippen molar-refractivity contribution in [3.63, 3.8) is 0 Å². The van der Waals surface area contributed by atoms with Crippen molar-refractivity contribution in [3.8, 4) is 0 Å². The minimum Gasteiger partial charge on any atom is -0.314 e. The zero-order valence-corrected chi connectivity index (χ0v) is 11.6. The van der Waals surface area contributed by atoms with Crippen molar-refractivity contribution in [1.29, 1.82) is 0 Å². The van der Waals surface area contributed by atoms with Gasteiger partial charge in [0.2, 0.25) is 0 Å². The van der Waals surface area contributed by atoms with E-state index in [1.54, 1.807) is 0 Å². The first-order valence-corrected chi connectivity index (χ1v) is 6.76. The summed E-state index contributed by atoms with van der Waals surface area (Å²) in [5.74, 6) is 0.705.